The Bertz CT molecular complexity index is 517. The third-order valence-corrected chi connectivity index (χ3v) is 3.47. The average Bonchev–Trinajstić information content (AvgIpc) is 2.78. The van der Waals surface area contributed by atoms with Crippen LogP contribution in [0.5, 0.6) is 5.75 Å². The van der Waals surface area contributed by atoms with E-state index in [1.54, 1.807) is 0 Å². The van der Waals surface area contributed by atoms with Gasteiger partial charge >= 0.3 is 5.97 Å². The summed E-state index contributed by atoms with van der Waals surface area (Å²) in [4.78, 5) is 24.6. The summed E-state index contributed by atoms with van der Waals surface area (Å²) < 4.78 is 0. The number of likely N-dealkylation sites (tertiary alicyclic amines) is 1. The number of phenolic OH excluding ortho intramolecular Hbond substituents is 1. The van der Waals surface area contributed by atoms with Gasteiger partial charge in [0.05, 0.1) is 12.0 Å². The number of rotatable bonds is 3. The normalized spacial score (nSPS) is 18.6. The van der Waals surface area contributed by atoms with Crippen molar-refractivity contribution in [1.82, 2.24) is 4.90 Å². The molecule has 1 heterocycles. The van der Waals surface area contributed by atoms with E-state index in [2.05, 4.69) is 0 Å². The number of carbonyl (C=O) groups is 2. The van der Waals surface area contributed by atoms with Gasteiger partial charge in [-0.05, 0) is 31.0 Å². The van der Waals surface area contributed by atoms with Gasteiger partial charge in [-0.15, -0.1) is 0 Å². The van der Waals surface area contributed by atoms with E-state index in [1.165, 1.54) is 23.1 Å². The molecule has 1 fully saturated rings. The zero-order valence-electron chi connectivity index (χ0n) is 10.2. The first-order chi connectivity index (χ1) is 8.99. The fraction of sp³-hybridized carbons (Fsp3) is 0.385. The predicted molar refractivity (Wildman–Crippen MR) is 69.4 cm³/mol. The molecule has 2 N–H and O–H groups in total. The number of phenols is 1. The smallest absolute Gasteiger partial charge is 0.305 e. The Kier molecular flexibility index (Phi) is 3.95. The van der Waals surface area contributed by atoms with Crippen LogP contribution >= 0.6 is 11.6 Å². The van der Waals surface area contributed by atoms with Crippen LogP contribution in [0, 0.1) is 0 Å². The SMILES string of the molecule is O=C(O)CC1CCCN1C(=O)c1cc(Cl)ccc1O. The zero-order chi connectivity index (χ0) is 14.0. The third-order valence-electron chi connectivity index (χ3n) is 3.24. The molecular weight excluding hydrogens is 270 g/mol. The van der Waals surface area contributed by atoms with E-state index in [0.717, 1.165) is 6.42 Å². The summed E-state index contributed by atoms with van der Waals surface area (Å²) in [6.07, 6.45) is 1.36. The molecule has 1 aromatic carbocycles. The van der Waals surface area contributed by atoms with E-state index in [-0.39, 0.29) is 29.7 Å². The van der Waals surface area contributed by atoms with E-state index in [1.807, 2.05) is 0 Å². The molecule has 19 heavy (non-hydrogen) atoms. The van der Waals surface area contributed by atoms with Gasteiger partial charge in [-0.3, -0.25) is 9.59 Å². The number of hydrogen-bond acceptors (Lipinski definition) is 3. The van der Waals surface area contributed by atoms with Gasteiger partial charge in [-0.25, -0.2) is 0 Å². The second kappa shape index (κ2) is 5.48. The lowest BCUT2D eigenvalue weighted by molar-refractivity contribution is -0.137. The van der Waals surface area contributed by atoms with Gasteiger partial charge in [0, 0.05) is 17.6 Å². The summed E-state index contributed by atoms with van der Waals surface area (Å²) in [5, 5.41) is 18.9. The van der Waals surface area contributed by atoms with Crippen LogP contribution in [-0.2, 0) is 4.79 Å². The first kappa shape index (κ1) is 13.7. The van der Waals surface area contributed by atoms with Gasteiger partial charge in [0.1, 0.15) is 5.75 Å². The molecule has 1 aromatic rings. The van der Waals surface area contributed by atoms with Gasteiger partial charge in [-0.2, -0.15) is 0 Å². The summed E-state index contributed by atoms with van der Waals surface area (Å²) in [5.41, 5.74) is 0.116. The number of amides is 1. The number of carboxylic acid groups (broad SMARTS) is 1. The molecule has 5 nitrogen and oxygen atoms in total. The first-order valence-electron chi connectivity index (χ1n) is 6.00. The Morgan fingerprint density at radius 1 is 1.42 bits per heavy atom. The molecule has 0 aromatic heterocycles. The standard InChI is InChI=1S/C13H14ClNO4/c14-8-3-4-11(16)10(6-8)13(19)15-5-1-2-9(15)7-12(17)18/h3-4,6,9,16H,1-2,5,7H2,(H,17,18). The quantitative estimate of drug-likeness (QED) is 0.891. The number of aromatic hydroxyl groups is 1. The van der Waals surface area contributed by atoms with E-state index in [9.17, 15) is 14.7 Å². The van der Waals surface area contributed by atoms with Gasteiger partial charge in [0.15, 0.2) is 0 Å². The molecule has 0 aliphatic carbocycles. The van der Waals surface area contributed by atoms with Crippen molar-refractivity contribution in [2.75, 3.05) is 6.54 Å². The Balaban J connectivity index is 2.23. The summed E-state index contributed by atoms with van der Waals surface area (Å²) >= 11 is 5.81. The van der Waals surface area contributed by atoms with E-state index in [0.29, 0.717) is 18.0 Å². The summed E-state index contributed by atoms with van der Waals surface area (Å²) in [6.45, 7) is 0.503. The Morgan fingerprint density at radius 2 is 2.16 bits per heavy atom. The fourth-order valence-corrected chi connectivity index (χ4v) is 2.52. The Labute approximate surface area is 115 Å². The Morgan fingerprint density at radius 3 is 2.84 bits per heavy atom. The lowest BCUT2D eigenvalue weighted by Gasteiger charge is -2.23. The molecule has 0 radical (unpaired) electrons. The van der Waals surface area contributed by atoms with Crippen molar-refractivity contribution in [3.05, 3.63) is 28.8 Å². The zero-order valence-corrected chi connectivity index (χ0v) is 10.9. The average molecular weight is 284 g/mol. The largest absolute Gasteiger partial charge is 0.507 e. The maximum atomic E-state index is 12.3. The molecule has 1 saturated heterocycles. The molecule has 0 saturated carbocycles. The first-order valence-corrected chi connectivity index (χ1v) is 6.38. The number of nitrogens with zero attached hydrogens (tertiary/aromatic N) is 1. The van der Waals surface area contributed by atoms with Gasteiger partial charge in [0.2, 0.25) is 0 Å². The number of halogens is 1. The van der Waals surface area contributed by atoms with E-state index in [4.69, 9.17) is 16.7 Å². The molecule has 1 amide bonds. The molecule has 6 heteroatoms. The Hall–Kier alpha value is -1.75. The highest BCUT2D eigenvalue weighted by Gasteiger charge is 2.32. The summed E-state index contributed by atoms with van der Waals surface area (Å²) in [6, 6.07) is 3.93. The molecule has 0 bridgehead atoms. The van der Waals surface area contributed by atoms with Crippen LogP contribution < -0.4 is 0 Å². The molecule has 0 spiro atoms. The molecule has 1 unspecified atom stereocenters. The van der Waals surface area contributed by atoms with Crippen molar-refractivity contribution < 1.29 is 19.8 Å². The van der Waals surface area contributed by atoms with Crippen molar-refractivity contribution in [2.24, 2.45) is 0 Å². The van der Waals surface area contributed by atoms with Gasteiger partial charge in [0.25, 0.3) is 5.91 Å². The van der Waals surface area contributed by atoms with Crippen molar-refractivity contribution in [1.29, 1.82) is 0 Å². The highest BCUT2D eigenvalue weighted by Crippen LogP contribution is 2.27. The second-order valence-corrected chi connectivity index (χ2v) is 4.99. The van der Waals surface area contributed by atoms with Crippen molar-refractivity contribution >= 4 is 23.5 Å². The van der Waals surface area contributed by atoms with Crippen LogP contribution in [-0.4, -0.2) is 39.6 Å². The third kappa shape index (κ3) is 2.98. The minimum atomic E-state index is -0.931. The molecule has 1 aliphatic heterocycles. The highest BCUT2D eigenvalue weighted by atomic mass is 35.5. The molecule has 1 aliphatic rings. The van der Waals surface area contributed by atoms with Crippen LogP contribution in [0.1, 0.15) is 29.6 Å². The summed E-state index contributed by atoms with van der Waals surface area (Å²) in [7, 11) is 0. The summed E-state index contributed by atoms with van der Waals surface area (Å²) in [5.74, 6) is -1.45. The molecule has 2 rings (SSSR count). The van der Waals surface area contributed by atoms with E-state index < -0.39 is 5.97 Å². The number of aliphatic carboxylic acids is 1. The monoisotopic (exact) mass is 283 g/mol. The maximum Gasteiger partial charge on any atom is 0.305 e. The van der Waals surface area contributed by atoms with Crippen LogP contribution in [0.2, 0.25) is 5.02 Å². The number of benzene rings is 1. The molecular formula is C13H14ClNO4. The predicted octanol–water partition coefficient (Wildman–Crippen LogP) is 2.12. The number of carboxylic acids is 1. The van der Waals surface area contributed by atoms with Gasteiger partial charge < -0.3 is 15.1 Å². The van der Waals surface area contributed by atoms with Crippen LogP contribution in [0.4, 0.5) is 0 Å². The fourth-order valence-electron chi connectivity index (χ4n) is 2.35. The number of carbonyl (C=O) groups excluding carboxylic acids is 1. The topological polar surface area (TPSA) is 77.8 Å². The molecule has 102 valence electrons. The van der Waals surface area contributed by atoms with Crippen LogP contribution in [0.25, 0.3) is 0 Å². The van der Waals surface area contributed by atoms with Gasteiger partial charge in [-0.1, -0.05) is 11.6 Å². The molecule has 1 atom stereocenters. The lowest BCUT2D eigenvalue weighted by Crippen LogP contribution is -2.36. The maximum absolute atomic E-state index is 12.3. The number of hydrogen-bond donors (Lipinski definition) is 2. The van der Waals surface area contributed by atoms with Crippen molar-refractivity contribution in [3.63, 3.8) is 0 Å². The highest BCUT2D eigenvalue weighted by molar-refractivity contribution is 6.31. The minimum Gasteiger partial charge on any atom is -0.507 e. The van der Waals surface area contributed by atoms with Crippen LogP contribution in [0.3, 0.4) is 0 Å². The van der Waals surface area contributed by atoms with E-state index >= 15 is 0 Å². The lowest BCUT2D eigenvalue weighted by atomic mass is 10.1. The van der Waals surface area contributed by atoms with Crippen molar-refractivity contribution in [3.8, 4) is 5.75 Å². The minimum absolute atomic E-state index is 0.0763. The van der Waals surface area contributed by atoms with Crippen LogP contribution in [0.15, 0.2) is 18.2 Å². The second-order valence-electron chi connectivity index (χ2n) is 4.55. The van der Waals surface area contributed by atoms with Crippen molar-refractivity contribution in [2.45, 2.75) is 25.3 Å².